The highest BCUT2D eigenvalue weighted by Crippen LogP contribution is 2.17. The maximum Gasteiger partial charge on any atom is 0.225 e. The molecule has 2 rings (SSSR count). The lowest BCUT2D eigenvalue weighted by atomic mass is 9.97. The second-order valence-electron chi connectivity index (χ2n) is 5.38. The van der Waals surface area contributed by atoms with Gasteiger partial charge in [-0.05, 0) is 24.0 Å². The van der Waals surface area contributed by atoms with Crippen molar-refractivity contribution < 1.29 is 14.7 Å². The molecular formula is C16H22N2O3. The maximum absolute atomic E-state index is 12.2. The molecule has 0 saturated carbocycles. The fraction of sp³-hybridized carbons (Fsp3) is 0.500. The number of benzene rings is 1. The Kier molecular flexibility index (Phi) is 5.33. The molecule has 114 valence electrons. The molecule has 5 heteroatoms. The van der Waals surface area contributed by atoms with E-state index in [-0.39, 0.29) is 24.3 Å². The van der Waals surface area contributed by atoms with Gasteiger partial charge in [0.15, 0.2) is 0 Å². The molecule has 1 aliphatic heterocycles. The Morgan fingerprint density at radius 1 is 1.43 bits per heavy atom. The molecular weight excluding hydrogens is 268 g/mol. The van der Waals surface area contributed by atoms with Crippen LogP contribution in [-0.2, 0) is 16.0 Å². The van der Waals surface area contributed by atoms with Crippen LogP contribution in [0.1, 0.15) is 36.9 Å². The molecule has 2 atom stereocenters. The van der Waals surface area contributed by atoms with Crippen LogP contribution in [0, 0.1) is 5.92 Å². The van der Waals surface area contributed by atoms with Crippen LogP contribution in [-0.4, -0.2) is 30.1 Å². The number of aliphatic hydroxyl groups is 1. The highest BCUT2D eigenvalue weighted by molar-refractivity contribution is 5.83. The van der Waals surface area contributed by atoms with Crippen molar-refractivity contribution in [3.05, 3.63) is 35.4 Å². The molecule has 0 bridgehead atoms. The Morgan fingerprint density at radius 2 is 2.14 bits per heavy atom. The van der Waals surface area contributed by atoms with E-state index in [2.05, 4.69) is 17.6 Å². The zero-order chi connectivity index (χ0) is 15.2. The minimum atomic E-state index is -0.402. The summed E-state index contributed by atoms with van der Waals surface area (Å²) >= 11 is 0. The van der Waals surface area contributed by atoms with Gasteiger partial charge < -0.3 is 15.7 Å². The smallest absolute Gasteiger partial charge is 0.225 e. The largest absolute Gasteiger partial charge is 0.394 e. The molecule has 0 spiro atoms. The summed E-state index contributed by atoms with van der Waals surface area (Å²) in [6.45, 7) is 2.31. The number of amides is 2. The SMILES string of the molecule is CCc1ccc(C(CO)NC(=O)C2CCC(=O)NC2)cc1. The Balaban J connectivity index is 1.97. The lowest BCUT2D eigenvalue weighted by Crippen LogP contribution is -2.44. The zero-order valence-corrected chi connectivity index (χ0v) is 12.3. The number of carbonyl (C=O) groups excluding carboxylic acids is 2. The number of nitrogens with one attached hydrogen (secondary N) is 2. The van der Waals surface area contributed by atoms with Gasteiger partial charge in [-0.25, -0.2) is 0 Å². The Morgan fingerprint density at radius 3 is 2.67 bits per heavy atom. The van der Waals surface area contributed by atoms with Gasteiger partial charge in [-0.2, -0.15) is 0 Å². The Hall–Kier alpha value is -1.88. The standard InChI is InChI=1S/C16H22N2O3/c1-2-11-3-5-12(6-4-11)14(10-19)18-16(21)13-7-8-15(20)17-9-13/h3-6,13-14,19H,2,7-10H2,1H3,(H,17,20)(H,18,21). The number of rotatable bonds is 5. The van der Waals surface area contributed by atoms with Crippen LogP contribution in [0.5, 0.6) is 0 Å². The summed E-state index contributed by atoms with van der Waals surface area (Å²) in [5, 5.41) is 15.1. The molecule has 3 N–H and O–H groups in total. The van der Waals surface area contributed by atoms with Crippen molar-refractivity contribution >= 4 is 11.8 Å². The second kappa shape index (κ2) is 7.22. The number of aliphatic hydroxyl groups excluding tert-OH is 1. The van der Waals surface area contributed by atoms with Gasteiger partial charge in [-0.1, -0.05) is 31.2 Å². The van der Waals surface area contributed by atoms with E-state index in [0.717, 1.165) is 12.0 Å². The summed E-state index contributed by atoms with van der Waals surface area (Å²) in [5.41, 5.74) is 2.11. The summed E-state index contributed by atoms with van der Waals surface area (Å²) in [6.07, 6.45) is 1.90. The topological polar surface area (TPSA) is 78.4 Å². The van der Waals surface area contributed by atoms with E-state index in [0.29, 0.717) is 19.4 Å². The minimum absolute atomic E-state index is 0.00656. The molecule has 0 aromatic heterocycles. The first kappa shape index (κ1) is 15.5. The third-order valence-corrected chi connectivity index (χ3v) is 3.93. The Bertz CT molecular complexity index is 489. The molecule has 0 aliphatic carbocycles. The fourth-order valence-corrected chi connectivity index (χ4v) is 2.47. The van der Waals surface area contributed by atoms with Crippen LogP contribution in [0.2, 0.25) is 0 Å². The van der Waals surface area contributed by atoms with Gasteiger partial charge in [-0.3, -0.25) is 9.59 Å². The number of carbonyl (C=O) groups is 2. The van der Waals surface area contributed by atoms with Crippen LogP contribution in [0.4, 0.5) is 0 Å². The molecule has 5 nitrogen and oxygen atoms in total. The normalized spacial score (nSPS) is 19.7. The highest BCUT2D eigenvalue weighted by Gasteiger charge is 2.26. The summed E-state index contributed by atoms with van der Waals surface area (Å²) in [5.74, 6) is -0.340. The first-order valence-corrected chi connectivity index (χ1v) is 7.40. The van der Waals surface area contributed by atoms with Crippen molar-refractivity contribution in [3.8, 4) is 0 Å². The molecule has 1 aromatic carbocycles. The van der Waals surface area contributed by atoms with Crippen molar-refractivity contribution in [2.75, 3.05) is 13.2 Å². The highest BCUT2D eigenvalue weighted by atomic mass is 16.3. The number of piperidine rings is 1. The third kappa shape index (κ3) is 4.04. The first-order valence-electron chi connectivity index (χ1n) is 7.40. The molecule has 2 unspecified atom stereocenters. The number of hydrogen-bond acceptors (Lipinski definition) is 3. The van der Waals surface area contributed by atoms with Crippen LogP contribution in [0.15, 0.2) is 24.3 Å². The second-order valence-corrected chi connectivity index (χ2v) is 5.38. The predicted molar refractivity (Wildman–Crippen MR) is 79.5 cm³/mol. The maximum atomic E-state index is 12.2. The predicted octanol–water partition coefficient (Wildman–Crippen LogP) is 0.925. The van der Waals surface area contributed by atoms with E-state index >= 15 is 0 Å². The monoisotopic (exact) mass is 290 g/mol. The van der Waals surface area contributed by atoms with Crippen LogP contribution in [0.25, 0.3) is 0 Å². The van der Waals surface area contributed by atoms with E-state index in [1.807, 2.05) is 24.3 Å². The van der Waals surface area contributed by atoms with Crippen LogP contribution in [0.3, 0.4) is 0 Å². The zero-order valence-electron chi connectivity index (χ0n) is 12.3. The van der Waals surface area contributed by atoms with Gasteiger partial charge in [0.05, 0.1) is 18.6 Å². The molecule has 1 aliphatic rings. The summed E-state index contributed by atoms with van der Waals surface area (Å²) in [6, 6.07) is 7.47. The first-order chi connectivity index (χ1) is 10.1. The molecule has 1 heterocycles. The van der Waals surface area contributed by atoms with Crippen molar-refractivity contribution in [1.82, 2.24) is 10.6 Å². The van der Waals surface area contributed by atoms with Gasteiger partial charge >= 0.3 is 0 Å². The summed E-state index contributed by atoms with van der Waals surface area (Å²) < 4.78 is 0. The van der Waals surface area contributed by atoms with Crippen LogP contribution < -0.4 is 10.6 Å². The van der Waals surface area contributed by atoms with E-state index < -0.39 is 6.04 Å². The van der Waals surface area contributed by atoms with Gasteiger partial charge in [0, 0.05) is 13.0 Å². The van der Waals surface area contributed by atoms with E-state index in [4.69, 9.17) is 0 Å². The lowest BCUT2D eigenvalue weighted by molar-refractivity contribution is -0.129. The average molecular weight is 290 g/mol. The average Bonchev–Trinajstić information content (AvgIpc) is 2.53. The van der Waals surface area contributed by atoms with E-state index in [1.54, 1.807) is 0 Å². The fourth-order valence-electron chi connectivity index (χ4n) is 2.47. The van der Waals surface area contributed by atoms with Crippen molar-refractivity contribution in [1.29, 1.82) is 0 Å². The molecule has 1 aromatic rings. The van der Waals surface area contributed by atoms with Crippen LogP contribution >= 0.6 is 0 Å². The molecule has 1 fully saturated rings. The Labute approximate surface area is 124 Å². The van der Waals surface area contributed by atoms with Gasteiger partial charge in [0.1, 0.15) is 0 Å². The van der Waals surface area contributed by atoms with Gasteiger partial charge in [0.25, 0.3) is 0 Å². The molecule has 21 heavy (non-hydrogen) atoms. The number of hydrogen-bond donors (Lipinski definition) is 3. The molecule has 2 amide bonds. The van der Waals surface area contributed by atoms with Crippen molar-refractivity contribution in [3.63, 3.8) is 0 Å². The van der Waals surface area contributed by atoms with Crippen molar-refractivity contribution in [2.45, 2.75) is 32.2 Å². The number of aryl methyl sites for hydroxylation is 1. The lowest BCUT2D eigenvalue weighted by Gasteiger charge is -2.24. The quantitative estimate of drug-likeness (QED) is 0.754. The van der Waals surface area contributed by atoms with E-state index in [1.165, 1.54) is 5.56 Å². The summed E-state index contributed by atoms with van der Waals surface area (Å²) in [4.78, 5) is 23.3. The third-order valence-electron chi connectivity index (χ3n) is 3.93. The van der Waals surface area contributed by atoms with Gasteiger partial charge in [-0.15, -0.1) is 0 Å². The summed E-state index contributed by atoms with van der Waals surface area (Å²) in [7, 11) is 0. The van der Waals surface area contributed by atoms with Gasteiger partial charge in [0.2, 0.25) is 11.8 Å². The van der Waals surface area contributed by atoms with Crippen molar-refractivity contribution in [2.24, 2.45) is 5.92 Å². The minimum Gasteiger partial charge on any atom is -0.394 e. The molecule has 1 saturated heterocycles. The van der Waals surface area contributed by atoms with E-state index in [9.17, 15) is 14.7 Å². The molecule has 0 radical (unpaired) electrons.